The van der Waals surface area contributed by atoms with Gasteiger partial charge in [-0.3, -0.25) is 0 Å². The fraction of sp³-hybridized carbons (Fsp3) is 1.00. The van der Waals surface area contributed by atoms with Gasteiger partial charge < -0.3 is 4.48 Å². The van der Waals surface area contributed by atoms with E-state index < -0.39 is 0 Å². The van der Waals surface area contributed by atoms with Crippen molar-refractivity contribution in [2.45, 2.75) is 46.1 Å². The summed E-state index contributed by atoms with van der Waals surface area (Å²) in [6, 6.07) is 0.925. The van der Waals surface area contributed by atoms with Crippen LogP contribution in [0.1, 0.15) is 40.0 Å². The van der Waals surface area contributed by atoms with E-state index in [1.54, 1.807) is 0 Å². The van der Waals surface area contributed by atoms with Gasteiger partial charge in [0.1, 0.15) is 0 Å². The van der Waals surface area contributed by atoms with Gasteiger partial charge in [0.05, 0.1) is 26.7 Å². The molecule has 0 unspecified atom stereocenters. The van der Waals surface area contributed by atoms with Crippen LogP contribution < -0.4 is 0 Å². The van der Waals surface area contributed by atoms with Crippen molar-refractivity contribution in [3.8, 4) is 0 Å². The van der Waals surface area contributed by atoms with Gasteiger partial charge >= 0.3 is 0 Å². The first-order valence-electron chi connectivity index (χ1n) is 5.55. The molecule has 0 radical (unpaired) electrons. The highest BCUT2D eigenvalue weighted by Crippen LogP contribution is 2.54. The quantitative estimate of drug-likeness (QED) is 0.505. The number of hydrogen-bond donors (Lipinski definition) is 0. The van der Waals surface area contributed by atoms with Crippen molar-refractivity contribution in [1.29, 1.82) is 0 Å². The second kappa shape index (κ2) is 2.31. The lowest BCUT2D eigenvalue weighted by Gasteiger charge is -2.38. The van der Waals surface area contributed by atoms with Gasteiger partial charge in [0.25, 0.3) is 0 Å². The molecule has 1 saturated carbocycles. The van der Waals surface area contributed by atoms with Crippen molar-refractivity contribution in [2.24, 2.45) is 10.8 Å². The van der Waals surface area contributed by atoms with Crippen LogP contribution >= 0.6 is 0 Å². The predicted octanol–water partition coefficient (Wildman–Crippen LogP) is 2.66. The Hall–Kier alpha value is -0.0400. The highest BCUT2D eigenvalue weighted by Gasteiger charge is 2.55. The average Bonchev–Trinajstić information content (AvgIpc) is 1.93. The number of likely N-dealkylation sites (tertiary alicyclic amines) is 1. The van der Waals surface area contributed by atoms with Crippen molar-refractivity contribution in [3.63, 3.8) is 0 Å². The van der Waals surface area contributed by atoms with Crippen molar-refractivity contribution < 1.29 is 4.48 Å². The van der Waals surface area contributed by atoms with E-state index in [2.05, 4.69) is 34.9 Å². The Morgan fingerprint density at radius 3 is 2.23 bits per heavy atom. The molecule has 0 amide bonds. The van der Waals surface area contributed by atoms with Crippen LogP contribution in [0.2, 0.25) is 0 Å². The van der Waals surface area contributed by atoms with Crippen LogP contribution in [0, 0.1) is 10.8 Å². The molecule has 0 N–H and O–H groups in total. The minimum atomic E-state index is 0.587. The molecular weight excluding hydrogens is 158 g/mol. The summed E-state index contributed by atoms with van der Waals surface area (Å²) in [5.41, 5.74) is 1.22. The van der Waals surface area contributed by atoms with Gasteiger partial charge in [-0.25, -0.2) is 0 Å². The smallest absolute Gasteiger partial charge is 0.0899 e. The second-order valence-corrected chi connectivity index (χ2v) is 7.15. The Morgan fingerprint density at radius 2 is 1.69 bits per heavy atom. The molecule has 1 saturated heterocycles. The molecule has 76 valence electrons. The maximum atomic E-state index is 2.49. The average molecular weight is 182 g/mol. The SMILES string of the molecule is CC1(C)C[C@H]2C[C@@](C)(C1)C[N+]2(C)C. The van der Waals surface area contributed by atoms with E-state index in [1.165, 1.54) is 30.3 Å². The third kappa shape index (κ3) is 1.52. The monoisotopic (exact) mass is 182 g/mol. The minimum Gasteiger partial charge on any atom is -0.326 e. The van der Waals surface area contributed by atoms with Gasteiger partial charge in [-0.05, 0) is 11.8 Å². The third-order valence-electron chi connectivity index (χ3n) is 4.20. The summed E-state index contributed by atoms with van der Waals surface area (Å²) in [7, 11) is 4.83. The highest BCUT2D eigenvalue weighted by molar-refractivity contribution is 4.96. The molecule has 2 atom stereocenters. The predicted molar refractivity (Wildman–Crippen MR) is 56.5 cm³/mol. The molecule has 13 heavy (non-hydrogen) atoms. The van der Waals surface area contributed by atoms with Gasteiger partial charge in [-0.1, -0.05) is 20.8 Å². The zero-order chi connectivity index (χ0) is 9.91. The molecule has 2 bridgehead atoms. The molecule has 2 aliphatic rings. The lowest BCUT2D eigenvalue weighted by atomic mass is 9.65. The van der Waals surface area contributed by atoms with Crippen LogP contribution in [0.5, 0.6) is 0 Å². The number of nitrogens with zero attached hydrogens (tertiary/aromatic N) is 1. The van der Waals surface area contributed by atoms with Gasteiger partial charge in [0, 0.05) is 18.3 Å². The van der Waals surface area contributed by atoms with Crippen molar-refractivity contribution in [2.75, 3.05) is 20.6 Å². The van der Waals surface area contributed by atoms with E-state index in [1.807, 2.05) is 0 Å². The maximum absolute atomic E-state index is 2.49. The number of fused-ring (bicyclic) bond motifs is 2. The van der Waals surface area contributed by atoms with Gasteiger partial charge in [0.2, 0.25) is 0 Å². The second-order valence-electron chi connectivity index (χ2n) is 7.15. The molecule has 1 heteroatoms. The molecule has 1 nitrogen and oxygen atoms in total. The van der Waals surface area contributed by atoms with Gasteiger partial charge in [-0.15, -0.1) is 0 Å². The summed E-state index contributed by atoms with van der Waals surface area (Å²) in [5.74, 6) is 0. The van der Waals surface area contributed by atoms with E-state index in [-0.39, 0.29) is 0 Å². The molecule has 2 rings (SSSR count). The van der Waals surface area contributed by atoms with Crippen LogP contribution in [-0.4, -0.2) is 31.2 Å². The van der Waals surface area contributed by atoms with Crippen molar-refractivity contribution >= 4 is 0 Å². The van der Waals surface area contributed by atoms with E-state index in [4.69, 9.17) is 0 Å². The summed E-state index contributed by atoms with van der Waals surface area (Å²) >= 11 is 0. The van der Waals surface area contributed by atoms with Crippen LogP contribution in [-0.2, 0) is 0 Å². The number of rotatable bonds is 0. The summed E-state index contributed by atoms with van der Waals surface area (Å²) in [5, 5.41) is 0. The summed E-state index contributed by atoms with van der Waals surface area (Å²) in [4.78, 5) is 0. The molecular formula is C12H24N+. The van der Waals surface area contributed by atoms with E-state index >= 15 is 0 Å². The Balaban J connectivity index is 2.29. The summed E-state index contributed by atoms with van der Waals surface area (Å²) in [6.45, 7) is 8.78. The first kappa shape index (κ1) is 9.51. The minimum absolute atomic E-state index is 0.587. The summed E-state index contributed by atoms with van der Waals surface area (Å²) in [6.07, 6.45) is 4.32. The number of hydrogen-bond acceptors (Lipinski definition) is 0. The standard InChI is InChI=1S/C12H24N/c1-11(2)6-10-7-12(3,8-11)9-13(10,4)5/h10H,6-9H2,1-5H3/q+1/t10-,12-/m0/s1. The van der Waals surface area contributed by atoms with Crippen LogP contribution in [0.25, 0.3) is 0 Å². The largest absolute Gasteiger partial charge is 0.326 e. The van der Waals surface area contributed by atoms with Crippen LogP contribution in [0.15, 0.2) is 0 Å². The third-order valence-corrected chi connectivity index (χ3v) is 4.20. The fourth-order valence-electron chi connectivity index (χ4n) is 4.31. The summed E-state index contributed by atoms with van der Waals surface area (Å²) < 4.78 is 1.26. The molecule has 1 aliphatic heterocycles. The topological polar surface area (TPSA) is 0 Å². The maximum Gasteiger partial charge on any atom is 0.0899 e. The number of quaternary nitrogens is 1. The zero-order valence-corrected chi connectivity index (χ0v) is 9.85. The first-order valence-corrected chi connectivity index (χ1v) is 5.55. The van der Waals surface area contributed by atoms with Gasteiger partial charge in [0.15, 0.2) is 0 Å². The van der Waals surface area contributed by atoms with Crippen molar-refractivity contribution in [1.82, 2.24) is 0 Å². The molecule has 1 heterocycles. The normalized spacial score (nSPS) is 46.4. The highest BCUT2D eigenvalue weighted by atomic mass is 15.4. The van der Waals surface area contributed by atoms with Gasteiger partial charge in [-0.2, -0.15) is 0 Å². The van der Waals surface area contributed by atoms with Crippen LogP contribution in [0.3, 0.4) is 0 Å². The molecule has 0 aromatic carbocycles. The lowest BCUT2D eigenvalue weighted by molar-refractivity contribution is -0.904. The Kier molecular flexibility index (Phi) is 1.69. The Bertz CT molecular complexity index is 225. The van der Waals surface area contributed by atoms with E-state index in [0.717, 1.165) is 6.04 Å². The Labute approximate surface area is 82.7 Å². The molecule has 1 aliphatic carbocycles. The van der Waals surface area contributed by atoms with Crippen LogP contribution in [0.4, 0.5) is 0 Å². The van der Waals surface area contributed by atoms with E-state index in [9.17, 15) is 0 Å². The molecule has 0 spiro atoms. The molecule has 0 aromatic rings. The fourth-order valence-corrected chi connectivity index (χ4v) is 4.31. The lowest BCUT2D eigenvalue weighted by Crippen LogP contribution is -2.44. The zero-order valence-electron chi connectivity index (χ0n) is 9.85. The Morgan fingerprint density at radius 1 is 1.08 bits per heavy atom. The van der Waals surface area contributed by atoms with Crippen molar-refractivity contribution in [3.05, 3.63) is 0 Å². The molecule has 2 fully saturated rings. The van der Waals surface area contributed by atoms with E-state index in [0.29, 0.717) is 10.8 Å². The first-order chi connectivity index (χ1) is 5.73. The molecule has 0 aromatic heterocycles.